The van der Waals surface area contributed by atoms with E-state index in [1.165, 1.54) is 0 Å². The second-order valence-corrected chi connectivity index (χ2v) is 4.28. The van der Waals surface area contributed by atoms with Gasteiger partial charge in [0.25, 0.3) is 0 Å². The predicted octanol–water partition coefficient (Wildman–Crippen LogP) is 1.36. The third-order valence-electron chi connectivity index (χ3n) is 1.20. The van der Waals surface area contributed by atoms with Gasteiger partial charge in [0.2, 0.25) is 5.88 Å². The molecule has 0 amide bonds. The van der Waals surface area contributed by atoms with E-state index >= 15 is 0 Å². The monoisotopic (exact) mass is 245 g/mol. The molecule has 0 unspecified atom stereocenters. The van der Waals surface area contributed by atoms with Crippen LogP contribution in [0.4, 0.5) is 0 Å². The molecule has 72 valence electrons. The largest absolute Gasteiger partial charge is 0.475 e. The summed E-state index contributed by atoms with van der Waals surface area (Å²) in [6.07, 6.45) is 0. The highest BCUT2D eigenvalue weighted by Gasteiger charge is 2.11. The van der Waals surface area contributed by atoms with Crippen molar-refractivity contribution in [1.82, 2.24) is 10.2 Å². The third kappa shape index (κ3) is 4.19. The Morgan fingerprint density at radius 1 is 1.46 bits per heavy atom. The Hall–Kier alpha value is -0.680. The molecule has 1 rings (SSSR count). The lowest BCUT2D eigenvalue weighted by Crippen LogP contribution is -2.38. The Morgan fingerprint density at radius 3 is 2.62 bits per heavy atom. The Morgan fingerprint density at radius 2 is 2.15 bits per heavy atom. The van der Waals surface area contributed by atoms with E-state index in [4.69, 9.17) is 10.5 Å². The van der Waals surface area contributed by atoms with Gasteiger partial charge in [-0.1, -0.05) is 0 Å². The molecule has 0 atom stereocenters. The summed E-state index contributed by atoms with van der Waals surface area (Å²) in [6.45, 7) is 4.20. The van der Waals surface area contributed by atoms with E-state index in [9.17, 15) is 0 Å². The van der Waals surface area contributed by atoms with E-state index in [1.807, 2.05) is 13.8 Å². The first-order chi connectivity index (χ1) is 5.97. The number of hydrogen-bond donors (Lipinski definition) is 1. The van der Waals surface area contributed by atoms with E-state index in [1.54, 1.807) is 12.1 Å². The minimum atomic E-state index is -0.352. The molecule has 0 saturated heterocycles. The van der Waals surface area contributed by atoms with Crippen LogP contribution in [-0.4, -0.2) is 22.3 Å². The summed E-state index contributed by atoms with van der Waals surface area (Å²) in [5.41, 5.74) is 5.38. The minimum Gasteiger partial charge on any atom is -0.475 e. The summed E-state index contributed by atoms with van der Waals surface area (Å²) in [4.78, 5) is 0. The highest BCUT2D eigenvalue weighted by molar-refractivity contribution is 9.10. The van der Waals surface area contributed by atoms with Gasteiger partial charge < -0.3 is 10.5 Å². The second-order valence-electron chi connectivity index (χ2n) is 3.47. The van der Waals surface area contributed by atoms with Gasteiger partial charge in [0.05, 0.1) is 0 Å². The van der Waals surface area contributed by atoms with E-state index in [-0.39, 0.29) is 5.54 Å². The van der Waals surface area contributed by atoms with E-state index in [0.29, 0.717) is 17.1 Å². The van der Waals surface area contributed by atoms with Crippen molar-refractivity contribution in [2.24, 2.45) is 5.73 Å². The van der Waals surface area contributed by atoms with Crippen molar-refractivity contribution in [3.63, 3.8) is 0 Å². The quantitative estimate of drug-likeness (QED) is 0.874. The summed E-state index contributed by atoms with van der Waals surface area (Å²) in [6, 6.07) is 3.51. The van der Waals surface area contributed by atoms with Gasteiger partial charge >= 0.3 is 0 Å². The van der Waals surface area contributed by atoms with Crippen LogP contribution < -0.4 is 10.5 Å². The molecule has 1 aromatic heterocycles. The van der Waals surface area contributed by atoms with E-state index in [2.05, 4.69) is 26.1 Å². The van der Waals surface area contributed by atoms with Gasteiger partial charge in [-0.05, 0) is 35.8 Å². The van der Waals surface area contributed by atoms with E-state index < -0.39 is 0 Å². The maximum absolute atomic E-state index is 5.73. The fourth-order valence-corrected chi connectivity index (χ4v) is 0.852. The lowest BCUT2D eigenvalue weighted by atomic mass is 10.1. The molecule has 0 aliphatic carbocycles. The van der Waals surface area contributed by atoms with Crippen molar-refractivity contribution in [3.05, 3.63) is 16.7 Å². The molecule has 0 saturated carbocycles. The highest BCUT2D eigenvalue weighted by atomic mass is 79.9. The van der Waals surface area contributed by atoms with Crippen LogP contribution >= 0.6 is 15.9 Å². The Kier molecular flexibility index (Phi) is 3.22. The topological polar surface area (TPSA) is 61.0 Å². The zero-order chi connectivity index (χ0) is 9.90. The Bertz CT molecular complexity index is 268. The first kappa shape index (κ1) is 10.4. The van der Waals surface area contributed by atoms with Gasteiger partial charge in [0.1, 0.15) is 11.2 Å². The molecule has 1 aromatic rings. The fraction of sp³-hybridized carbons (Fsp3) is 0.500. The summed E-state index contributed by atoms with van der Waals surface area (Å²) in [5.74, 6) is 0.488. The standard InChI is InChI=1S/C8H12BrN3O/c1-8(2,10)5-13-7-4-3-6(9)11-12-7/h3-4H,5,10H2,1-2H3. The summed E-state index contributed by atoms with van der Waals surface area (Å²) in [7, 11) is 0. The maximum Gasteiger partial charge on any atom is 0.233 e. The van der Waals surface area contributed by atoms with Crippen LogP contribution in [0.25, 0.3) is 0 Å². The normalized spacial score (nSPS) is 11.4. The molecule has 13 heavy (non-hydrogen) atoms. The molecule has 0 fully saturated rings. The summed E-state index contributed by atoms with van der Waals surface area (Å²) in [5, 5.41) is 7.59. The van der Waals surface area contributed by atoms with Gasteiger partial charge in [-0.3, -0.25) is 0 Å². The van der Waals surface area contributed by atoms with Gasteiger partial charge in [-0.15, -0.1) is 10.2 Å². The average Bonchev–Trinajstić information content (AvgIpc) is 2.02. The van der Waals surface area contributed by atoms with Crippen LogP contribution in [0, 0.1) is 0 Å². The third-order valence-corrected chi connectivity index (χ3v) is 1.62. The summed E-state index contributed by atoms with van der Waals surface area (Å²) < 4.78 is 5.99. The molecular weight excluding hydrogens is 234 g/mol. The predicted molar refractivity (Wildman–Crippen MR) is 53.5 cm³/mol. The van der Waals surface area contributed by atoms with Crippen LogP contribution in [-0.2, 0) is 0 Å². The number of aromatic nitrogens is 2. The van der Waals surface area contributed by atoms with Crippen molar-refractivity contribution >= 4 is 15.9 Å². The molecule has 0 aliphatic rings. The SMILES string of the molecule is CC(C)(N)COc1ccc(Br)nn1. The van der Waals surface area contributed by atoms with Crippen LogP contribution in [0.2, 0.25) is 0 Å². The Labute approximate surface area is 85.6 Å². The zero-order valence-electron chi connectivity index (χ0n) is 7.62. The number of nitrogens with zero attached hydrogens (tertiary/aromatic N) is 2. The average molecular weight is 246 g/mol. The van der Waals surface area contributed by atoms with Crippen LogP contribution in [0.3, 0.4) is 0 Å². The Balaban J connectivity index is 2.51. The molecule has 0 aliphatic heterocycles. The van der Waals surface area contributed by atoms with Crippen molar-refractivity contribution in [1.29, 1.82) is 0 Å². The molecule has 0 radical (unpaired) electrons. The molecule has 1 heterocycles. The molecule has 0 bridgehead atoms. The fourth-order valence-electron chi connectivity index (χ4n) is 0.641. The molecule has 2 N–H and O–H groups in total. The minimum absolute atomic E-state index is 0.352. The lowest BCUT2D eigenvalue weighted by Gasteiger charge is -2.17. The summed E-state index contributed by atoms with van der Waals surface area (Å²) >= 11 is 3.18. The van der Waals surface area contributed by atoms with Crippen molar-refractivity contribution < 1.29 is 4.74 Å². The van der Waals surface area contributed by atoms with Crippen LogP contribution in [0.15, 0.2) is 16.7 Å². The molecule has 0 aromatic carbocycles. The molecular formula is C8H12BrN3O. The van der Waals surface area contributed by atoms with Crippen LogP contribution in [0.1, 0.15) is 13.8 Å². The molecule has 0 spiro atoms. The van der Waals surface area contributed by atoms with Gasteiger partial charge in [-0.25, -0.2) is 0 Å². The zero-order valence-corrected chi connectivity index (χ0v) is 9.21. The van der Waals surface area contributed by atoms with Crippen molar-refractivity contribution in [3.8, 4) is 5.88 Å². The smallest absolute Gasteiger partial charge is 0.233 e. The van der Waals surface area contributed by atoms with Crippen molar-refractivity contribution in [2.75, 3.05) is 6.61 Å². The van der Waals surface area contributed by atoms with E-state index in [0.717, 1.165) is 0 Å². The first-order valence-electron chi connectivity index (χ1n) is 3.88. The second kappa shape index (κ2) is 4.02. The number of ether oxygens (including phenoxy) is 1. The number of halogens is 1. The number of hydrogen-bond acceptors (Lipinski definition) is 4. The molecule has 4 nitrogen and oxygen atoms in total. The maximum atomic E-state index is 5.73. The van der Waals surface area contributed by atoms with Crippen molar-refractivity contribution in [2.45, 2.75) is 19.4 Å². The molecule has 5 heteroatoms. The van der Waals surface area contributed by atoms with Crippen LogP contribution in [0.5, 0.6) is 5.88 Å². The number of nitrogens with two attached hydrogens (primary N) is 1. The highest BCUT2D eigenvalue weighted by Crippen LogP contribution is 2.10. The first-order valence-corrected chi connectivity index (χ1v) is 4.67. The number of rotatable bonds is 3. The van der Waals surface area contributed by atoms with Gasteiger partial charge in [-0.2, -0.15) is 0 Å². The lowest BCUT2D eigenvalue weighted by molar-refractivity contribution is 0.233. The van der Waals surface area contributed by atoms with Gasteiger partial charge in [0.15, 0.2) is 0 Å². The van der Waals surface area contributed by atoms with Gasteiger partial charge in [0, 0.05) is 11.6 Å².